The molecule has 4 nitrogen and oxygen atoms in total. The average molecular weight is 679 g/mol. The Bertz CT molecular complexity index is 1300. The van der Waals surface area contributed by atoms with Gasteiger partial charge < -0.3 is 9.13 Å². The molecule has 0 radical (unpaired) electrons. The average Bonchev–Trinajstić information content (AvgIpc) is 3.51. The lowest BCUT2D eigenvalue weighted by molar-refractivity contribution is 0.313. The second-order valence-electron chi connectivity index (χ2n) is 11.3. The molecule has 2 aromatic heterocycles. The number of hydrogen-bond acceptors (Lipinski definition) is 8. The lowest BCUT2D eigenvalue weighted by Gasteiger charge is -2.31. The number of rotatable bonds is 12. The Morgan fingerprint density at radius 3 is 1.54 bits per heavy atom. The van der Waals surface area contributed by atoms with E-state index in [1.807, 2.05) is 23.5 Å². The van der Waals surface area contributed by atoms with Crippen LogP contribution in [0, 0.1) is 9.28 Å². The van der Waals surface area contributed by atoms with Crippen LogP contribution in [0.25, 0.3) is 0 Å². The first-order chi connectivity index (χ1) is 18.3. The molecule has 4 heterocycles. The molecule has 2 aliphatic heterocycles. The second kappa shape index (κ2) is 13.4. The van der Waals surface area contributed by atoms with E-state index in [2.05, 4.69) is 49.0 Å². The van der Waals surface area contributed by atoms with E-state index in [1.165, 1.54) is 20.9 Å². The van der Waals surface area contributed by atoms with Crippen LogP contribution in [-0.4, -0.2) is 52.1 Å². The Morgan fingerprint density at radius 1 is 0.769 bits per heavy atom. The van der Waals surface area contributed by atoms with Gasteiger partial charge in [0.1, 0.15) is 9.28 Å². The van der Waals surface area contributed by atoms with Crippen LogP contribution in [0.5, 0.6) is 0 Å². The molecule has 0 N–H and O–H groups in total. The fourth-order valence-corrected chi connectivity index (χ4v) is 12.9. The largest absolute Gasteiger partial charge is 0.322 e. The summed E-state index contributed by atoms with van der Waals surface area (Å²) in [7, 11) is -1.93. The van der Waals surface area contributed by atoms with E-state index in [9.17, 15) is 8.42 Å². The van der Waals surface area contributed by atoms with Gasteiger partial charge in [0, 0.05) is 77.0 Å². The number of pyridine rings is 2. The fraction of sp³-hybridized carbons (Fsp3) is 0.630. The van der Waals surface area contributed by atoms with Gasteiger partial charge in [0.25, 0.3) is 0 Å². The molecule has 0 saturated carbocycles. The van der Waals surface area contributed by atoms with Crippen LogP contribution in [0.3, 0.4) is 0 Å². The SMILES string of the molecule is CC(C)(CCS(=O)CCCS(=O)CCC(C)(C)n1c(S)c2c(cc1=S)SCC2)n1c(S)c2c(cc1=S)SCC2. The zero-order chi connectivity index (χ0) is 28.5. The highest BCUT2D eigenvalue weighted by molar-refractivity contribution is 8.00. The third kappa shape index (κ3) is 7.51. The summed E-state index contributed by atoms with van der Waals surface area (Å²) in [6.07, 6.45) is 4.22. The molecule has 0 aliphatic carbocycles. The molecular formula is C27H38N2O2S8. The van der Waals surface area contributed by atoms with E-state index in [4.69, 9.17) is 49.7 Å². The van der Waals surface area contributed by atoms with Gasteiger partial charge in [-0.25, -0.2) is 0 Å². The monoisotopic (exact) mass is 678 g/mol. The lowest BCUT2D eigenvalue weighted by atomic mass is 10.0. The third-order valence-corrected chi connectivity index (χ3v) is 14.1. The molecule has 39 heavy (non-hydrogen) atoms. The topological polar surface area (TPSA) is 44.0 Å². The summed E-state index contributed by atoms with van der Waals surface area (Å²) >= 11 is 24.8. The maximum absolute atomic E-state index is 12.9. The second-order valence-corrected chi connectivity index (χ2v) is 18.7. The number of fused-ring (bicyclic) bond motifs is 2. The highest BCUT2D eigenvalue weighted by atomic mass is 32.2. The lowest BCUT2D eigenvalue weighted by Crippen LogP contribution is -2.31. The molecule has 0 bridgehead atoms. The third-order valence-electron chi connectivity index (χ3n) is 7.57. The number of thiol groups is 2. The van der Waals surface area contributed by atoms with Crippen molar-refractivity contribution in [1.29, 1.82) is 0 Å². The standard InChI is InChI=1S/C27H38N2O2S8/c1-26(2,28-22(32)16-20-18(24(28)34)6-10-36-20)8-14-38(30)12-5-13-39(31)15-9-27(3,4)29-23(33)17-21-19(25(29)35)7-11-37-21/h16-17,34-35H,5-15H2,1-4H3. The molecule has 0 saturated heterocycles. The molecule has 2 atom stereocenters. The number of nitrogens with zero attached hydrogens (tertiary/aromatic N) is 2. The first-order valence-electron chi connectivity index (χ1n) is 13.2. The van der Waals surface area contributed by atoms with Crippen molar-refractivity contribution in [2.75, 3.05) is 34.5 Å². The van der Waals surface area contributed by atoms with Crippen LogP contribution in [0.2, 0.25) is 0 Å². The van der Waals surface area contributed by atoms with Crippen LogP contribution in [0.1, 0.15) is 58.1 Å². The van der Waals surface area contributed by atoms with Crippen molar-refractivity contribution in [3.63, 3.8) is 0 Å². The molecule has 216 valence electrons. The van der Waals surface area contributed by atoms with Gasteiger partial charge in [0.15, 0.2) is 0 Å². The van der Waals surface area contributed by atoms with E-state index >= 15 is 0 Å². The van der Waals surface area contributed by atoms with Crippen molar-refractivity contribution in [2.45, 2.75) is 90.7 Å². The number of hydrogen-bond donors (Lipinski definition) is 2. The van der Waals surface area contributed by atoms with Crippen LogP contribution in [0.15, 0.2) is 32.0 Å². The zero-order valence-corrected chi connectivity index (χ0v) is 29.7. The van der Waals surface area contributed by atoms with Crippen molar-refractivity contribution < 1.29 is 8.42 Å². The predicted octanol–water partition coefficient (Wildman–Crippen LogP) is 7.46. The normalized spacial score (nSPS) is 16.8. The van der Waals surface area contributed by atoms with Gasteiger partial charge in [-0.05, 0) is 83.1 Å². The molecule has 12 heteroatoms. The van der Waals surface area contributed by atoms with Gasteiger partial charge in [-0.3, -0.25) is 8.42 Å². The maximum atomic E-state index is 12.9. The molecule has 4 rings (SSSR count). The molecular weight excluding hydrogens is 641 g/mol. The van der Waals surface area contributed by atoms with Crippen molar-refractivity contribution in [1.82, 2.24) is 9.13 Å². The summed E-state index contributed by atoms with van der Waals surface area (Å²) < 4.78 is 31.6. The van der Waals surface area contributed by atoms with Crippen molar-refractivity contribution in [3.05, 3.63) is 32.5 Å². The Kier molecular flexibility index (Phi) is 11.1. The summed E-state index contributed by atoms with van der Waals surface area (Å²) in [4.78, 5) is 2.50. The van der Waals surface area contributed by atoms with Gasteiger partial charge in [0.2, 0.25) is 0 Å². The Morgan fingerprint density at radius 2 is 1.15 bits per heavy atom. The number of thioether (sulfide) groups is 2. The summed E-state index contributed by atoms with van der Waals surface area (Å²) in [6.45, 7) is 8.58. The first kappa shape index (κ1) is 32.4. The maximum Gasteiger partial charge on any atom is 0.108 e. The van der Waals surface area contributed by atoms with Gasteiger partial charge in [-0.2, -0.15) is 0 Å². The molecule has 0 amide bonds. The minimum atomic E-state index is -0.967. The summed E-state index contributed by atoms with van der Waals surface area (Å²) in [5.74, 6) is 4.46. The highest BCUT2D eigenvalue weighted by Crippen LogP contribution is 2.39. The van der Waals surface area contributed by atoms with E-state index in [1.54, 1.807) is 0 Å². The highest BCUT2D eigenvalue weighted by Gasteiger charge is 2.28. The van der Waals surface area contributed by atoms with Crippen LogP contribution >= 0.6 is 73.2 Å². The molecule has 0 fully saturated rings. The fourth-order valence-electron chi connectivity index (χ4n) is 5.19. The predicted molar refractivity (Wildman–Crippen MR) is 182 cm³/mol. The Hall–Kier alpha value is 0.440. The Balaban J connectivity index is 1.25. The van der Waals surface area contributed by atoms with Crippen molar-refractivity contribution in [3.8, 4) is 0 Å². The van der Waals surface area contributed by atoms with Crippen molar-refractivity contribution in [2.24, 2.45) is 0 Å². The van der Waals surface area contributed by atoms with E-state index < -0.39 is 21.6 Å². The Labute approximate surface area is 268 Å². The summed E-state index contributed by atoms with van der Waals surface area (Å²) in [5.41, 5.74) is 2.01. The van der Waals surface area contributed by atoms with Gasteiger partial charge >= 0.3 is 0 Å². The first-order valence-corrected chi connectivity index (χ1v) is 19.9. The van der Waals surface area contributed by atoms with Crippen LogP contribution in [0.4, 0.5) is 0 Å². The quantitative estimate of drug-likeness (QED) is 0.180. The zero-order valence-electron chi connectivity index (χ0n) is 23.0. The van der Waals surface area contributed by atoms with E-state index in [-0.39, 0.29) is 11.1 Å². The summed E-state index contributed by atoms with van der Waals surface area (Å²) in [5, 5.41) is 1.89. The molecule has 2 unspecified atom stereocenters. The minimum Gasteiger partial charge on any atom is -0.322 e. The molecule has 2 aliphatic rings. The number of aromatic nitrogens is 2. The van der Waals surface area contributed by atoms with Crippen LogP contribution < -0.4 is 0 Å². The molecule has 2 aromatic rings. The van der Waals surface area contributed by atoms with Gasteiger partial charge in [-0.15, -0.1) is 48.8 Å². The summed E-state index contributed by atoms with van der Waals surface area (Å²) in [6, 6.07) is 4.18. The molecule has 0 aromatic carbocycles. The van der Waals surface area contributed by atoms with E-state index in [0.717, 1.165) is 56.5 Å². The smallest absolute Gasteiger partial charge is 0.108 e. The van der Waals surface area contributed by atoms with E-state index in [0.29, 0.717) is 29.4 Å². The van der Waals surface area contributed by atoms with Gasteiger partial charge in [0.05, 0.1) is 10.1 Å². The van der Waals surface area contributed by atoms with Crippen molar-refractivity contribution >= 4 is 94.8 Å². The van der Waals surface area contributed by atoms with Gasteiger partial charge in [-0.1, -0.05) is 24.4 Å². The minimum absolute atomic E-state index is 0.274. The molecule has 0 spiro atoms. The van der Waals surface area contributed by atoms with Crippen LogP contribution in [-0.2, 0) is 45.5 Å².